The van der Waals surface area contributed by atoms with Gasteiger partial charge in [-0.05, 0) is 18.9 Å². The van der Waals surface area contributed by atoms with E-state index in [-0.39, 0.29) is 18.6 Å². The van der Waals surface area contributed by atoms with Crippen molar-refractivity contribution in [1.82, 2.24) is 9.88 Å². The molecule has 5 nitrogen and oxygen atoms in total. The van der Waals surface area contributed by atoms with Gasteiger partial charge >= 0.3 is 0 Å². The van der Waals surface area contributed by atoms with E-state index in [1.54, 1.807) is 25.6 Å². The third-order valence-electron chi connectivity index (χ3n) is 3.51. The maximum absolute atomic E-state index is 12.6. The van der Waals surface area contributed by atoms with Gasteiger partial charge < -0.3 is 14.7 Å². The number of aromatic nitrogens is 1. The van der Waals surface area contributed by atoms with Crippen molar-refractivity contribution in [1.29, 1.82) is 0 Å². The third kappa shape index (κ3) is 4.03. The standard InChI is InChI=1S/C16H20N2O3/c1-21-14-6-4-9-18(12-14)16(20)15-7-8-17-11-13(15)5-2-3-10-19/h7-8,11,14,19H,3-4,6,9-10,12H2,1H3. The highest BCUT2D eigenvalue weighted by Crippen LogP contribution is 2.17. The van der Waals surface area contributed by atoms with Crippen LogP contribution in [0.15, 0.2) is 18.5 Å². The number of carbonyl (C=O) groups excluding carboxylic acids is 1. The second-order valence-electron chi connectivity index (χ2n) is 4.95. The minimum absolute atomic E-state index is 0.0121. The maximum atomic E-state index is 12.6. The Hall–Kier alpha value is -1.90. The molecular weight excluding hydrogens is 268 g/mol. The van der Waals surface area contributed by atoms with Crippen molar-refractivity contribution in [2.45, 2.75) is 25.4 Å². The van der Waals surface area contributed by atoms with Gasteiger partial charge in [0.15, 0.2) is 0 Å². The summed E-state index contributed by atoms with van der Waals surface area (Å²) in [6, 6.07) is 1.70. The Morgan fingerprint density at radius 3 is 3.24 bits per heavy atom. The number of aliphatic hydroxyl groups excluding tert-OH is 1. The zero-order chi connectivity index (χ0) is 15.1. The number of pyridine rings is 1. The zero-order valence-electron chi connectivity index (χ0n) is 12.2. The van der Waals surface area contributed by atoms with Crippen molar-refractivity contribution >= 4 is 5.91 Å². The van der Waals surface area contributed by atoms with E-state index in [1.807, 2.05) is 4.90 Å². The quantitative estimate of drug-likeness (QED) is 0.845. The molecule has 2 rings (SSSR count). The van der Waals surface area contributed by atoms with Crippen molar-refractivity contribution in [2.75, 3.05) is 26.8 Å². The molecule has 0 aliphatic carbocycles. The minimum atomic E-state index is -0.0348. The second-order valence-corrected chi connectivity index (χ2v) is 4.95. The Bertz CT molecular complexity index is 548. The number of hydrogen-bond acceptors (Lipinski definition) is 4. The van der Waals surface area contributed by atoms with Crippen LogP contribution in [0.25, 0.3) is 0 Å². The molecule has 112 valence electrons. The number of likely N-dealkylation sites (tertiary alicyclic amines) is 1. The van der Waals surface area contributed by atoms with E-state index < -0.39 is 0 Å². The van der Waals surface area contributed by atoms with Crippen molar-refractivity contribution in [3.8, 4) is 11.8 Å². The zero-order valence-corrected chi connectivity index (χ0v) is 12.2. The first-order valence-electron chi connectivity index (χ1n) is 7.12. The topological polar surface area (TPSA) is 62.7 Å². The van der Waals surface area contributed by atoms with E-state index >= 15 is 0 Å². The Kier molecular flexibility index (Phi) is 5.73. The molecule has 21 heavy (non-hydrogen) atoms. The first kappa shape index (κ1) is 15.5. The lowest BCUT2D eigenvalue weighted by atomic mass is 10.0. The molecule has 1 fully saturated rings. The summed E-state index contributed by atoms with van der Waals surface area (Å²) >= 11 is 0. The molecule has 1 amide bonds. The van der Waals surface area contributed by atoms with Gasteiger partial charge in [-0.25, -0.2) is 0 Å². The predicted octanol–water partition coefficient (Wildman–Crippen LogP) is 1.07. The molecule has 0 bridgehead atoms. The van der Waals surface area contributed by atoms with Gasteiger partial charge in [0.25, 0.3) is 5.91 Å². The number of piperidine rings is 1. The smallest absolute Gasteiger partial charge is 0.255 e. The minimum Gasteiger partial charge on any atom is -0.395 e. The summed E-state index contributed by atoms with van der Waals surface area (Å²) in [5.74, 6) is 5.71. The van der Waals surface area contributed by atoms with E-state index in [0.717, 1.165) is 19.4 Å². The first-order chi connectivity index (χ1) is 10.3. The number of carbonyl (C=O) groups is 1. The molecule has 2 heterocycles. The monoisotopic (exact) mass is 288 g/mol. The van der Waals surface area contributed by atoms with Gasteiger partial charge in [-0.15, -0.1) is 0 Å². The van der Waals surface area contributed by atoms with Crippen LogP contribution in [-0.2, 0) is 4.74 Å². The van der Waals surface area contributed by atoms with Gasteiger partial charge in [0.2, 0.25) is 0 Å². The largest absolute Gasteiger partial charge is 0.395 e. The summed E-state index contributed by atoms with van der Waals surface area (Å²) in [7, 11) is 1.68. The Morgan fingerprint density at radius 1 is 1.62 bits per heavy atom. The molecule has 1 N–H and O–H groups in total. The van der Waals surface area contributed by atoms with Crippen LogP contribution in [0.2, 0.25) is 0 Å². The summed E-state index contributed by atoms with van der Waals surface area (Å²) < 4.78 is 5.36. The molecule has 1 aromatic heterocycles. The molecule has 1 aliphatic heterocycles. The molecule has 1 saturated heterocycles. The molecular formula is C16H20N2O3. The maximum Gasteiger partial charge on any atom is 0.255 e. The highest BCUT2D eigenvalue weighted by Gasteiger charge is 2.25. The Labute approximate surface area is 124 Å². The van der Waals surface area contributed by atoms with E-state index in [9.17, 15) is 4.79 Å². The number of methoxy groups -OCH3 is 1. The van der Waals surface area contributed by atoms with E-state index in [1.165, 1.54) is 0 Å². The highest BCUT2D eigenvalue weighted by atomic mass is 16.5. The van der Waals surface area contributed by atoms with Crippen LogP contribution in [0.3, 0.4) is 0 Å². The van der Waals surface area contributed by atoms with Gasteiger partial charge in [0, 0.05) is 39.0 Å². The SMILES string of the molecule is COC1CCCN(C(=O)c2ccncc2C#CCCO)C1. The van der Waals surface area contributed by atoms with Gasteiger partial charge in [-0.3, -0.25) is 9.78 Å². The fourth-order valence-corrected chi connectivity index (χ4v) is 2.38. The van der Waals surface area contributed by atoms with Gasteiger partial charge in [-0.1, -0.05) is 11.8 Å². The van der Waals surface area contributed by atoms with Gasteiger partial charge in [0.1, 0.15) is 0 Å². The number of aliphatic hydroxyl groups is 1. The summed E-state index contributed by atoms with van der Waals surface area (Å²) in [6.07, 6.45) is 5.62. The molecule has 0 spiro atoms. The lowest BCUT2D eigenvalue weighted by molar-refractivity contribution is 0.0268. The molecule has 1 aliphatic rings. The van der Waals surface area contributed by atoms with Crippen LogP contribution in [0.4, 0.5) is 0 Å². The molecule has 1 atom stereocenters. The average Bonchev–Trinajstić information content (AvgIpc) is 2.55. The average molecular weight is 288 g/mol. The van der Waals surface area contributed by atoms with Crippen LogP contribution in [0, 0.1) is 11.8 Å². The van der Waals surface area contributed by atoms with Crippen LogP contribution in [0.5, 0.6) is 0 Å². The summed E-state index contributed by atoms with van der Waals surface area (Å²) in [4.78, 5) is 18.5. The first-order valence-corrected chi connectivity index (χ1v) is 7.12. The van der Waals surface area contributed by atoms with Crippen molar-refractivity contribution < 1.29 is 14.6 Å². The fourth-order valence-electron chi connectivity index (χ4n) is 2.38. The Morgan fingerprint density at radius 2 is 2.48 bits per heavy atom. The summed E-state index contributed by atoms with van der Waals surface area (Å²) in [5.41, 5.74) is 1.17. The summed E-state index contributed by atoms with van der Waals surface area (Å²) in [6.45, 7) is 1.36. The highest BCUT2D eigenvalue weighted by molar-refractivity contribution is 5.96. The fraction of sp³-hybridized carbons (Fsp3) is 0.500. The number of hydrogen-bond donors (Lipinski definition) is 1. The number of nitrogens with zero attached hydrogens (tertiary/aromatic N) is 2. The van der Waals surface area contributed by atoms with Crippen LogP contribution < -0.4 is 0 Å². The number of rotatable bonds is 3. The molecule has 1 unspecified atom stereocenters. The normalized spacial score (nSPS) is 18.0. The Balaban J connectivity index is 2.17. The number of ether oxygens (including phenoxy) is 1. The van der Waals surface area contributed by atoms with Crippen LogP contribution in [-0.4, -0.2) is 53.8 Å². The van der Waals surface area contributed by atoms with Gasteiger partial charge in [0.05, 0.1) is 23.8 Å². The lowest BCUT2D eigenvalue weighted by Gasteiger charge is -2.32. The van der Waals surface area contributed by atoms with E-state index in [4.69, 9.17) is 9.84 Å². The third-order valence-corrected chi connectivity index (χ3v) is 3.51. The van der Waals surface area contributed by atoms with E-state index in [0.29, 0.717) is 24.1 Å². The molecule has 1 aromatic rings. The molecule has 0 radical (unpaired) electrons. The van der Waals surface area contributed by atoms with Crippen LogP contribution in [0.1, 0.15) is 35.2 Å². The van der Waals surface area contributed by atoms with Crippen molar-refractivity contribution in [3.63, 3.8) is 0 Å². The second kappa shape index (κ2) is 7.77. The lowest BCUT2D eigenvalue weighted by Crippen LogP contribution is -2.43. The molecule has 5 heteroatoms. The molecule has 0 saturated carbocycles. The predicted molar refractivity (Wildman–Crippen MR) is 78.8 cm³/mol. The van der Waals surface area contributed by atoms with Crippen molar-refractivity contribution in [3.05, 3.63) is 29.6 Å². The van der Waals surface area contributed by atoms with Gasteiger partial charge in [-0.2, -0.15) is 0 Å². The van der Waals surface area contributed by atoms with E-state index in [2.05, 4.69) is 16.8 Å². The summed E-state index contributed by atoms with van der Waals surface area (Å²) in [5, 5.41) is 8.78. The number of amides is 1. The van der Waals surface area contributed by atoms with Crippen molar-refractivity contribution in [2.24, 2.45) is 0 Å². The van der Waals surface area contributed by atoms with Crippen LogP contribution >= 0.6 is 0 Å². The molecule has 0 aromatic carbocycles.